The first-order chi connectivity index (χ1) is 15.5. The lowest BCUT2D eigenvalue weighted by molar-refractivity contribution is -0.133. The highest BCUT2D eigenvalue weighted by Gasteiger charge is 2.60. The molecule has 1 aromatic heterocycles. The smallest absolute Gasteiger partial charge is 0.136 e. The Morgan fingerprint density at radius 1 is 1.06 bits per heavy atom. The van der Waals surface area contributed by atoms with Crippen molar-refractivity contribution in [3.63, 3.8) is 0 Å². The fourth-order valence-electron chi connectivity index (χ4n) is 8.04. The van der Waals surface area contributed by atoms with Crippen LogP contribution < -0.4 is 0 Å². The highest BCUT2D eigenvalue weighted by atomic mass is 16.5. The molecule has 0 N–H and O–H groups in total. The standard InChI is InChI=1S/C29H31NO2/c1-27-10-8-23-15-22-4-6-25(31)17-29(22)12-11-28(23,32-29)16-24(27)5-7-26(27)20-3-2-19-9-13-30-18-21(19)14-20/h2-3,8-9,13-15,18,24,26H,4-7,10-12,16-17H2,1H3/t24?,26?,27?,28-,29+/m0/s1. The predicted molar refractivity (Wildman–Crippen MR) is 125 cm³/mol. The van der Waals surface area contributed by atoms with Gasteiger partial charge < -0.3 is 4.74 Å². The Balaban J connectivity index is 1.27. The molecule has 164 valence electrons. The van der Waals surface area contributed by atoms with Gasteiger partial charge in [0.15, 0.2) is 0 Å². The zero-order chi connectivity index (χ0) is 21.6. The number of aromatic nitrogens is 1. The molecule has 1 aromatic carbocycles. The molecular weight excluding hydrogens is 394 g/mol. The van der Waals surface area contributed by atoms with Crippen LogP contribution in [0.2, 0.25) is 0 Å². The van der Waals surface area contributed by atoms with Gasteiger partial charge in [0.2, 0.25) is 0 Å². The second-order valence-electron chi connectivity index (χ2n) is 11.4. The van der Waals surface area contributed by atoms with Crippen LogP contribution in [0.25, 0.3) is 10.8 Å². The second-order valence-corrected chi connectivity index (χ2v) is 11.4. The van der Waals surface area contributed by atoms with Crippen molar-refractivity contribution < 1.29 is 9.53 Å². The first kappa shape index (κ1) is 19.2. The molecule has 3 nitrogen and oxygen atoms in total. The van der Waals surface area contributed by atoms with Crippen LogP contribution in [0.4, 0.5) is 0 Å². The number of rotatable bonds is 1. The Bertz CT molecular complexity index is 1210. The van der Waals surface area contributed by atoms with Crippen LogP contribution in [-0.2, 0) is 9.53 Å². The highest BCUT2D eigenvalue weighted by Crippen LogP contribution is 2.64. The van der Waals surface area contributed by atoms with E-state index < -0.39 is 0 Å². The topological polar surface area (TPSA) is 39.2 Å². The molecule has 3 heterocycles. The lowest BCUT2D eigenvalue weighted by Crippen LogP contribution is -2.46. The Labute approximate surface area is 189 Å². The van der Waals surface area contributed by atoms with Gasteiger partial charge in [-0.3, -0.25) is 9.78 Å². The van der Waals surface area contributed by atoms with Gasteiger partial charge in [-0.1, -0.05) is 31.2 Å². The maximum absolute atomic E-state index is 12.3. The molecule has 5 atom stereocenters. The van der Waals surface area contributed by atoms with Crippen molar-refractivity contribution in [3.8, 4) is 0 Å². The number of fused-ring (bicyclic) bond motifs is 2. The van der Waals surface area contributed by atoms with Gasteiger partial charge in [-0.05, 0) is 96.4 Å². The summed E-state index contributed by atoms with van der Waals surface area (Å²) in [4.78, 5) is 16.7. The first-order valence-corrected chi connectivity index (χ1v) is 12.5. The molecule has 0 radical (unpaired) electrons. The minimum Gasteiger partial charge on any atom is -0.359 e. The van der Waals surface area contributed by atoms with Gasteiger partial charge in [0.05, 0.1) is 11.2 Å². The molecule has 2 aromatic rings. The predicted octanol–water partition coefficient (Wildman–Crippen LogP) is 6.44. The summed E-state index contributed by atoms with van der Waals surface area (Å²) in [5.74, 6) is 1.60. The van der Waals surface area contributed by atoms with Gasteiger partial charge in [0.25, 0.3) is 0 Å². The minimum atomic E-state index is -0.281. The van der Waals surface area contributed by atoms with E-state index in [1.54, 1.807) is 0 Å². The third-order valence-electron chi connectivity index (χ3n) is 9.86. The molecule has 32 heavy (non-hydrogen) atoms. The van der Waals surface area contributed by atoms with Gasteiger partial charge in [0, 0.05) is 30.6 Å². The monoisotopic (exact) mass is 425 g/mol. The highest BCUT2D eigenvalue weighted by molar-refractivity contribution is 5.83. The molecule has 2 saturated carbocycles. The number of hydrogen-bond donors (Lipinski definition) is 0. The number of carbonyl (C=O) groups excluding carboxylic acids is 1. The third-order valence-corrected chi connectivity index (χ3v) is 9.86. The molecule has 1 saturated heterocycles. The fraction of sp³-hybridized carbons (Fsp3) is 0.517. The molecule has 5 aliphatic rings. The SMILES string of the molecule is CC12CC=C3C=C4CCC(=O)C[C@]45CC[C@@]3(CC1CCC2c1ccc2ccncc2c1)O5. The number of pyridine rings is 1. The van der Waals surface area contributed by atoms with E-state index in [4.69, 9.17) is 4.74 Å². The molecular formula is C29H31NO2. The van der Waals surface area contributed by atoms with Crippen LogP contribution in [0.3, 0.4) is 0 Å². The van der Waals surface area contributed by atoms with Crippen LogP contribution in [0.15, 0.2) is 60.0 Å². The van der Waals surface area contributed by atoms with Crippen LogP contribution in [0.1, 0.15) is 76.2 Å². The van der Waals surface area contributed by atoms with E-state index in [2.05, 4.69) is 48.3 Å². The number of Topliss-reactive ketones (excluding diaryl/α,β-unsaturated/α-hetero) is 1. The van der Waals surface area contributed by atoms with Gasteiger partial charge in [-0.25, -0.2) is 0 Å². The van der Waals surface area contributed by atoms with Crippen molar-refractivity contribution in [3.05, 3.63) is 65.5 Å². The lowest BCUT2D eigenvalue weighted by atomic mass is 9.67. The van der Waals surface area contributed by atoms with Gasteiger partial charge in [-0.2, -0.15) is 0 Å². The lowest BCUT2D eigenvalue weighted by Gasteiger charge is -2.45. The Morgan fingerprint density at radius 3 is 2.91 bits per heavy atom. The maximum atomic E-state index is 12.3. The number of allylic oxidation sites excluding steroid dienone is 1. The van der Waals surface area contributed by atoms with Crippen molar-refractivity contribution >= 4 is 16.6 Å². The first-order valence-electron chi connectivity index (χ1n) is 12.5. The third kappa shape index (κ3) is 2.52. The van der Waals surface area contributed by atoms with Crippen LogP contribution in [0, 0.1) is 11.3 Å². The second kappa shape index (κ2) is 6.41. The maximum Gasteiger partial charge on any atom is 0.136 e. The molecule has 3 fully saturated rings. The van der Waals surface area contributed by atoms with E-state index in [0.717, 1.165) is 32.1 Å². The number of benzene rings is 1. The van der Waals surface area contributed by atoms with Crippen molar-refractivity contribution in [2.45, 2.75) is 81.8 Å². The number of carbonyl (C=O) groups is 1. The Kier molecular flexibility index (Phi) is 3.85. The average Bonchev–Trinajstić information content (AvgIpc) is 3.23. The van der Waals surface area contributed by atoms with E-state index in [0.29, 0.717) is 30.5 Å². The molecule has 2 aliphatic heterocycles. The van der Waals surface area contributed by atoms with Gasteiger partial charge in [0.1, 0.15) is 5.78 Å². The van der Waals surface area contributed by atoms with E-state index in [-0.39, 0.29) is 16.6 Å². The van der Waals surface area contributed by atoms with E-state index in [1.165, 1.54) is 40.3 Å². The van der Waals surface area contributed by atoms with Gasteiger partial charge >= 0.3 is 0 Å². The summed E-state index contributed by atoms with van der Waals surface area (Å²) < 4.78 is 7.02. The van der Waals surface area contributed by atoms with Crippen molar-refractivity contribution in [1.29, 1.82) is 0 Å². The molecule has 2 spiro atoms. The summed E-state index contributed by atoms with van der Waals surface area (Å²) in [6, 6.07) is 9.11. The molecule has 7 rings (SSSR count). The molecule has 3 heteroatoms. The van der Waals surface area contributed by atoms with E-state index >= 15 is 0 Å². The molecule has 3 aliphatic carbocycles. The summed E-state index contributed by atoms with van der Waals surface area (Å²) in [5.41, 5.74) is 4.09. The van der Waals surface area contributed by atoms with Crippen LogP contribution in [0.5, 0.6) is 0 Å². The molecule has 3 unspecified atom stereocenters. The molecule has 2 bridgehead atoms. The summed E-state index contributed by atoms with van der Waals surface area (Å²) >= 11 is 0. The quantitative estimate of drug-likeness (QED) is 0.528. The summed E-state index contributed by atoms with van der Waals surface area (Å²) in [6.07, 6.45) is 17.9. The summed E-state index contributed by atoms with van der Waals surface area (Å²) in [7, 11) is 0. The van der Waals surface area contributed by atoms with Crippen molar-refractivity contribution in [1.82, 2.24) is 4.98 Å². The van der Waals surface area contributed by atoms with Crippen molar-refractivity contribution in [2.75, 3.05) is 0 Å². The average molecular weight is 426 g/mol. The summed E-state index contributed by atoms with van der Waals surface area (Å²) in [5, 5.41) is 2.51. The minimum absolute atomic E-state index is 0.161. The zero-order valence-electron chi connectivity index (χ0n) is 18.9. The van der Waals surface area contributed by atoms with Crippen molar-refractivity contribution in [2.24, 2.45) is 11.3 Å². The number of ether oxygens (including phenoxy) is 1. The van der Waals surface area contributed by atoms with Crippen LogP contribution in [-0.4, -0.2) is 22.0 Å². The number of hydrogen-bond acceptors (Lipinski definition) is 3. The Morgan fingerprint density at radius 2 is 1.97 bits per heavy atom. The Hall–Kier alpha value is -2.26. The largest absolute Gasteiger partial charge is 0.359 e. The molecule has 0 amide bonds. The van der Waals surface area contributed by atoms with Gasteiger partial charge in [-0.15, -0.1) is 0 Å². The van der Waals surface area contributed by atoms with E-state index in [1.807, 2.05) is 12.4 Å². The van der Waals surface area contributed by atoms with E-state index in [9.17, 15) is 4.79 Å². The van der Waals surface area contributed by atoms with Crippen LogP contribution >= 0.6 is 0 Å². The number of nitrogens with zero attached hydrogens (tertiary/aromatic N) is 1. The normalized spacial score (nSPS) is 40.2. The zero-order valence-corrected chi connectivity index (χ0v) is 18.9. The summed E-state index contributed by atoms with van der Waals surface area (Å²) in [6.45, 7) is 2.53. The fourth-order valence-corrected chi connectivity index (χ4v) is 8.04. The number of ketones is 1.